The molecule has 0 amide bonds. The fourth-order valence-corrected chi connectivity index (χ4v) is 4.50. The first kappa shape index (κ1) is 24.4. The number of nitrogens with one attached hydrogen (secondary N) is 1. The molecular weight excluding hydrogens is 466 g/mol. The summed E-state index contributed by atoms with van der Waals surface area (Å²) < 4.78 is 5.52. The third-order valence-electron chi connectivity index (χ3n) is 6.29. The standard InChI is InChI=1S/C27H31N9O/c1-4-5-8-22-18-36(26-28-13-14-34(26)16-19(2)3)27(37)35(22)17-21-12-11-20(15-29-21)23-9-6-7-10-24(23)25-30-32-33-31-25/h6-7,9-15,18-19H,4-5,8,16-17H2,1-3H3,(H,30,31,32,33). The van der Waals surface area contributed by atoms with Gasteiger partial charge in [-0.25, -0.2) is 14.3 Å². The average Bonchev–Trinajstić information content (AvgIpc) is 3.65. The lowest BCUT2D eigenvalue weighted by Crippen LogP contribution is -2.27. The third kappa shape index (κ3) is 5.13. The van der Waals surface area contributed by atoms with Crippen molar-refractivity contribution in [2.45, 2.75) is 53.1 Å². The second-order valence-electron chi connectivity index (χ2n) is 9.56. The molecule has 1 N–H and O–H groups in total. The molecule has 0 spiro atoms. The number of nitrogens with zero attached hydrogens (tertiary/aromatic N) is 8. The van der Waals surface area contributed by atoms with Crippen molar-refractivity contribution in [1.29, 1.82) is 0 Å². The van der Waals surface area contributed by atoms with E-state index in [2.05, 4.69) is 46.4 Å². The molecular formula is C27H31N9O. The first-order valence-electron chi connectivity index (χ1n) is 12.7. The number of hydrogen-bond donors (Lipinski definition) is 1. The van der Waals surface area contributed by atoms with Crippen LogP contribution in [0.4, 0.5) is 0 Å². The van der Waals surface area contributed by atoms with Crippen molar-refractivity contribution in [1.82, 2.24) is 44.3 Å². The first-order valence-corrected chi connectivity index (χ1v) is 12.7. The maximum absolute atomic E-state index is 13.6. The minimum atomic E-state index is -0.101. The van der Waals surface area contributed by atoms with Gasteiger partial charge < -0.3 is 4.57 Å². The Morgan fingerprint density at radius 2 is 1.89 bits per heavy atom. The lowest BCUT2D eigenvalue weighted by molar-refractivity contribution is 0.513. The van der Waals surface area contributed by atoms with Crippen LogP contribution in [0.15, 0.2) is 66.0 Å². The maximum atomic E-state index is 13.6. The summed E-state index contributed by atoms with van der Waals surface area (Å²) in [4.78, 5) is 22.8. The van der Waals surface area contributed by atoms with Crippen LogP contribution in [-0.2, 0) is 19.5 Å². The Kier molecular flexibility index (Phi) is 7.07. The summed E-state index contributed by atoms with van der Waals surface area (Å²) in [6.45, 7) is 7.65. The number of H-pyrrole nitrogens is 1. The van der Waals surface area contributed by atoms with Gasteiger partial charge in [0.05, 0.1) is 12.2 Å². The van der Waals surface area contributed by atoms with E-state index in [1.807, 2.05) is 64.1 Å². The normalized spacial score (nSPS) is 11.5. The monoisotopic (exact) mass is 497 g/mol. The number of pyridine rings is 1. The predicted octanol–water partition coefficient (Wildman–Crippen LogP) is 4.12. The van der Waals surface area contributed by atoms with Crippen molar-refractivity contribution in [3.8, 4) is 28.5 Å². The first-order chi connectivity index (χ1) is 18.0. The quantitative estimate of drug-likeness (QED) is 0.311. The molecule has 37 heavy (non-hydrogen) atoms. The molecule has 0 radical (unpaired) electrons. The minimum absolute atomic E-state index is 0.101. The van der Waals surface area contributed by atoms with Gasteiger partial charge in [0, 0.05) is 48.2 Å². The van der Waals surface area contributed by atoms with Crippen LogP contribution in [0.2, 0.25) is 0 Å². The van der Waals surface area contributed by atoms with E-state index in [0.717, 1.165) is 53.9 Å². The van der Waals surface area contributed by atoms with Crippen molar-refractivity contribution in [2.75, 3.05) is 0 Å². The number of aryl methyl sites for hydroxylation is 1. The predicted molar refractivity (Wildman–Crippen MR) is 141 cm³/mol. The number of tetrazole rings is 1. The summed E-state index contributed by atoms with van der Waals surface area (Å²) in [6.07, 6.45) is 10.3. The topological polar surface area (TPSA) is 112 Å². The van der Waals surface area contributed by atoms with Crippen LogP contribution < -0.4 is 5.69 Å². The molecule has 0 saturated carbocycles. The zero-order valence-electron chi connectivity index (χ0n) is 21.4. The summed E-state index contributed by atoms with van der Waals surface area (Å²) in [5.41, 5.74) is 4.47. The Hall–Kier alpha value is -4.34. The number of hydrogen-bond acceptors (Lipinski definition) is 6. The van der Waals surface area contributed by atoms with Crippen LogP contribution in [0, 0.1) is 5.92 Å². The Morgan fingerprint density at radius 3 is 2.59 bits per heavy atom. The summed E-state index contributed by atoms with van der Waals surface area (Å²) >= 11 is 0. The van der Waals surface area contributed by atoms with Gasteiger partial charge in [-0.3, -0.25) is 9.55 Å². The van der Waals surface area contributed by atoms with Crippen LogP contribution in [0.25, 0.3) is 28.5 Å². The van der Waals surface area contributed by atoms with E-state index in [1.165, 1.54) is 0 Å². The van der Waals surface area contributed by atoms with Gasteiger partial charge in [0.25, 0.3) is 0 Å². The summed E-state index contributed by atoms with van der Waals surface area (Å²) in [6, 6.07) is 11.9. The van der Waals surface area contributed by atoms with Crippen molar-refractivity contribution in [3.05, 3.63) is 83.1 Å². The van der Waals surface area contributed by atoms with Gasteiger partial charge in [-0.1, -0.05) is 57.5 Å². The summed E-state index contributed by atoms with van der Waals surface area (Å²) in [7, 11) is 0. The molecule has 10 nitrogen and oxygen atoms in total. The highest BCUT2D eigenvalue weighted by molar-refractivity contribution is 5.79. The highest BCUT2D eigenvalue weighted by Gasteiger charge is 2.17. The Balaban J connectivity index is 1.46. The molecule has 5 aromatic rings. The molecule has 0 bridgehead atoms. The second-order valence-corrected chi connectivity index (χ2v) is 9.56. The molecule has 1 aromatic carbocycles. The number of aromatic amines is 1. The number of unbranched alkanes of at least 4 members (excludes halogenated alkanes) is 1. The fourth-order valence-electron chi connectivity index (χ4n) is 4.50. The van der Waals surface area contributed by atoms with Crippen LogP contribution in [0.5, 0.6) is 0 Å². The molecule has 0 unspecified atom stereocenters. The van der Waals surface area contributed by atoms with E-state index in [-0.39, 0.29) is 5.69 Å². The fraction of sp³-hybridized carbons (Fsp3) is 0.333. The van der Waals surface area contributed by atoms with E-state index < -0.39 is 0 Å². The van der Waals surface area contributed by atoms with Crippen molar-refractivity contribution >= 4 is 0 Å². The molecule has 0 fully saturated rings. The SMILES string of the molecule is CCCCc1cn(-c2nccn2CC(C)C)c(=O)n1Cc1ccc(-c2ccccc2-c2nn[nH]n2)cn1. The molecule has 0 aliphatic rings. The third-order valence-corrected chi connectivity index (χ3v) is 6.29. The lowest BCUT2D eigenvalue weighted by Gasteiger charge is -2.10. The Morgan fingerprint density at radius 1 is 1.05 bits per heavy atom. The van der Waals surface area contributed by atoms with E-state index >= 15 is 0 Å². The van der Waals surface area contributed by atoms with Gasteiger partial charge in [0.15, 0.2) is 0 Å². The van der Waals surface area contributed by atoms with Crippen LogP contribution >= 0.6 is 0 Å². The summed E-state index contributed by atoms with van der Waals surface area (Å²) in [5, 5.41) is 14.4. The van der Waals surface area contributed by atoms with Crippen molar-refractivity contribution < 1.29 is 0 Å². The highest BCUT2D eigenvalue weighted by Crippen LogP contribution is 2.29. The van der Waals surface area contributed by atoms with E-state index in [0.29, 0.717) is 24.2 Å². The lowest BCUT2D eigenvalue weighted by atomic mass is 10.0. The number of aromatic nitrogens is 9. The van der Waals surface area contributed by atoms with Crippen LogP contribution in [0.3, 0.4) is 0 Å². The number of rotatable bonds is 10. The zero-order valence-corrected chi connectivity index (χ0v) is 21.4. The van der Waals surface area contributed by atoms with Gasteiger partial charge in [0.1, 0.15) is 0 Å². The molecule has 0 aliphatic carbocycles. The van der Waals surface area contributed by atoms with Crippen molar-refractivity contribution in [3.63, 3.8) is 0 Å². The van der Waals surface area contributed by atoms with Crippen molar-refractivity contribution in [2.24, 2.45) is 5.92 Å². The van der Waals surface area contributed by atoms with E-state index in [9.17, 15) is 4.79 Å². The molecule has 0 saturated heterocycles. The van der Waals surface area contributed by atoms with E-state index in [4.69, 9.17) is 4.98 Å². The van der Waals surface area contributed by atoms with E-state index in [1.54, 1.807) is 10.8 Å². The smallest absolute Gasteiger partial charge is 0.316 e. The van der Waals surface area contributed by atoms with Gasteiger partial charge in [-0.2, -0.15) is 5.21 Å². The Labute approximate surface area is 215 Å². The zero-order chi connectivity index (χ0) is 25.8. The molecule has 0 aliphatic heterocycles. The molecule has 10 heteroatoms. The molecule has 190 valence electrons. The maximum Gasteiger partial charge on any atom is 0.335 e. The molecule has 4 aromatic heterocycles. The number of benzene rings is 1. The minimum Gasteiger partial charge on any atom is -0.316 e. The van der Waals surface area contributed by atoms with Gasteiger partial charge in [-0.15, -0.1) is 10.2 Å². The largest absolute Gasteiger partial charge is 0.335 e. The second kappa shape index (κ2) is 10.7. The summed E-state index contributed by atoms with van der Waals surface area (Å²) in [5.74, 6) is 1.62. The van der Waals surface area contributed by atoms with Crippen LogP contribution in [0.1, 0.15) is 45.0 Å². The molecule has 4 heterocycles. The van der Waals surface area contributed by atoms with Gasteiger partial charge in [-0.05, 0) is 35.6 Å². The number of imidazole rings is 2. The molecule has 5 rings (SSSR count). The van der Waals surface area contributed by atoms with Gasteiger partial charge in [0.2, 0.25) is 11.8 Å². The van der Waals surface area contributed by atoms with Gasteiger partial charge >= 0.3 is 5.69 Å². The van der Waals surface area contributed by atoms with Crippen LogP contribution in [-0.4, -0.2) is 44.3 Å². The Bertz CT molecular complexity index is 1510. The molecule has 0 atom stereocenters. The average molecular weight is 498 g/mol. The highest BCUT2D eigenvalue weighted by atomic mass is 16.1.